The number of aromatic nitrogens is 1. The molecule has 2 aromatic rings. The van der Waals surface area contributed by atoms with Gasteiger partial charge in [-0.05, 0) is 31.0 Å². The van der Waals surface area contributed by atoms with E-state index in [1.54, 1.807) is 18.4 Å². The molecule has 0 radical (unpaired) electrons. The summed E-state index contributed by atoms with van der Waals surface area (Å²) in [4.78, 5) is 4.50. The molecule has 1 aromatic heterocycles. The van der Waals surface area contributed by atoms with E-state index in [2.05, 4.69) is 29.4 Å². The Morgan fingerprint density at radius 3 is 2.75 bits per heavy atom. The second kappa shape index (κ2) is 4.66. The van der Waals surface area contributed by atoms with Crippen LogP contribution in [0.25, 0.3) is 11.3 Å². The highest BCUT2D eigenvalue weighted by atomic mass is 32.1. The maximum absolute atomic E-state index is 5.37. The predicted octanol–water partition coefficient (Wildman–Crippen LogP) is 3.69. The van der Waals surface area contributed by atoms with Crippen LogP contribution in [0.3, 0.4) is 0 Å². The van der Waals surface area contributed by atoms with Crippen LogP contribution < -0.4 is 4.74 Å². The van der Waals surface area contributed by atoms with E-state index in [4.69, 9.17) is 4.74 Å². The number of nitrogens with zero attached hydrogens (tertiary/aromatic N) is 1. The zero-order valence-electron chi connectivity index (χ0n) is 9.78. The van der Waals surface area contributed by atoms with Crippen molar-refractivity contribution in [3.63, 3.8) is 0 Å². The van der Waals surface area contributed by atoms with Crippen molar-refractivity contribution in [2.45, 2.75) is 20.3 Å². The zero-order valence-corrected chi connectivity index (χ0v) is 10.6. The first-order valence-corrected chi connectivity index (χ1v) is 6.22. The van der Waals surface area contributed by atoms with E-state index in [-0.39, 0.29) is 0 Å². The fraction of sp³-hybridized carbons (Fsp3) is 0.308. The summed E-state index contributed by atoms with van der Waals surface area (Å²) in [6.07, 6.45) is 1.03. The molecule has 1 aromatic carbocycles. The van der Waals surface area contributed by atoms with Crippen LogP contribution in [0.15, 0.2) is 23.6 Å². The number of rotatable bonds is 3. The van der Waals surface area contributed by atoms with Gasteiger partial charge in [0.1, 0.15) is 5.75 Å². The largest absolute Gasteiger partial charge is 0.496 e. The van der Waals surface area contributed by atoms with E-state index in [1.165, 1.54) is 5.56 Å². The maximum Gasteiger partial charge on any atom is 0.128 e. The Kier molecular flexibility index (Phi) is 3.25. The number of methoxy groups -OCH3 is 1. The van der Waals surface area contributed by atoms with Crippen molar-refractivity contribution in [2.24, 2.45) is 0 Å². The molecule has 2 rings (SSSR count). The molecule has 84 valence electrons. The lowest BCUT2D eigenvalue weighted by atomic mass is 10.1. The highest BCUT2D eigenvalue weighted by molar-refractivity contribution is 7.09. The minimum absolute atomic E-state index is 0.891. The van der Waals surface area contributed by atoms with Crippen LogP contribution in [-0.2, 0) is 6.42 Å². The van der Waals surface area contributed by atoms with Gasteiger partial charge in [0.05, 0.1) is 17.8 Å². The Morgan fingerprint density at radius 2 is 2.19 bits per heavy atom. The lowest BCUT2D eigenvalue weighted by molar-refractivity contribution is 0.416. The van der Waals surface area contributed by atoms with Gasteiger partial charge in [0.25, 0.3) is 0 Å². The Balaban J connectivity index is 2.52. The van der Waals surface area contributed by atoms with Crippen molar-refractivity contribution in [2.75, 3.05) is 7.11 Å². The molecule has 0 bridgehead atoms. The molecule has 0 saturated carbocycles. The number of aryl methyl sites for hydroxylation is 2. The molecule has 0 spiro atoms. The van der Waals surface area contributed by atoms with Crippen LogP contribution in [0, 0.1) is 6.92 Å². The summed E-state index contributed by atoms with van der Waals surface area (Å²) in [6, 6.07) is 6.28. The molecule has 0 N–H and O–H groups in total. The third kappa shape index (κ3) is 2.09. The van der Waals surface area contributed by atoms with E-state index in [0.29, 0.717) is 0 Å². The third-order valence-corrected chi connectivity index (χ3v) is 3.34. The van der Waals surface area contributed by atoms with Gasteiger partial charge in [0.15, 0.2) is 0 Å². The first-order valence-electron chi connectivity index (χ1n) is 5.34. The topological polar surface area (TPSA) is 22.1 Å². The normalized spacial score (nSPS) is 10.4. The molecule has 0 aliphatic carbocycles. The third-order valence-electron chi connectivity index (χ3n) is 2.57. The number of benzene rings is 1. The summed E-state index contributed by atoms with van der Waals surface area (Å²) in [5.41, 5.74) is 3.40. The van der Waals surface area contributed by atoms with Gasteiger partial charge < -0.3 is 4.74 Å². The van der Waals surface area contributed by atoms with Gasteiger partial charge in [-0.25, -0.2) is 4.98 Å². The SMILES string of the molecule is CCc1ccc(OC)c(-c2csc(C)n2)c1. The van der Waals surface area contributed by atoms with Gasteiger partial charge in [-0.15, -0.1) is 11.3 Å². The number of hydrogen-bond donors (Lipinski definition) is 0. The minimum atomic E-state index is 0.891. The summed E-state index contributed by atoms with van der Waals surface area (Å²) in [7, 11) is 1.70. The first-order chi connectivity index (χ1) is 7.74. The minimum Gasteiger partial charge on any atom is -0.496 e. The van der Waals surface area contributed by atoms with Crippen molar-refractivity contribution in [3.8, 4) is 17.0 Å². The van der Waals surface area contributed by atoms with Gasteiger partial charge >= 0.3 is 0 Å². The average molecular weight is 233 g/mol. The van der Waals surface area contributed by atoms with Gasteiger partial charge in [-0.1, -0.05) is 13.0 Å². The molecule has 1 heterocycles. The lowest BCUT2D eigenvalue weighted by Crippen LogP contribution is -1.90. The molecule has 0 amide bonds. The molecule has 16 heavy (non-hydrogen) atoms. The summed E-state index contributed by atoms with van der Waals surface area (Å²) in [5.74, 6) is 0.891. The van der Waals surface area contributed by atoms with E-state index in [1.807, 2.05) is 13.0 Å². The number of ether oxygens (including phenoxy) is 1. The molecule has 0 atom stereocenters. The van der Waals surface area contributed by atoms with Crippen LogP contribution in [0.5, 0.6) is 5.75 Å². The standard InChI is InChI=1S/C13H15NOS/c1-4-10-5-6-13(15-3)11(7-10)12-8-16-9(2)14-12/h5-8H,4H2,1-3H3. The first kappa shape index (κ1) is 11.1. The average Bonchev–Trinajstić information content (AvgIpc) is 2.75. The highest BCUT2D eigenvalue weighted by Crippen LogP contribution is 2.31. The van der Waals surface area contributed by atoms with Crippen molar-refractivity contribution >= 4 is 11.3 Å². The van der Waals surface area contributed by atoms with Gasteiger partial charge in [0, 0.05) is 10.9 Å². The Bertz CT molecular complexity index is 490. The van der Waals surface area contributed by atoms with Crippen LogP contribution in [0.4, 0.5) is 0 Å². The second-order valence-corrected chi connectivity index (χ2v) is 4.70. The summed E-state index contributed by atoms with van der Waals surface area (Å²) in [5, 5.41) is 3.16. The summed E-state index contributed by atoms with van der Waals surface area (Å²) in [6.45, 7) is 4.17. The zero-order chi connectivity index (χ0) is 11.5. The highest BCUT2D eigenvalue weighted by Gasteiger charge is 2.09. The fourth-order valence-electron chi connectivity index (χ4n) is 1.66. The van der Waals surface area contributed by atoms with Crippen LogP contribution >= 0.6 is 11.3 Å². The smallest absolute Gasteiger partial charge is 0.128 e. The molecule has 0 saturated heterocycles. The quantitative estimate of drug-likeness (QED) is 0.806. The Morgan fingerprint density at radius 1 is 1.38 bits per heavy atom. The lowest BCUT2D eigenvalue weighted by Gasteiger charge is -2.08. The van der Waals surface area contributed by atoms with E-state index in [9.17, 15) is 0 Å². The van der Waals surface area contributed by atoms with Crippen molar-refractivity contribution in [3.05, 3.63) is 34.2 Å². The molecule has 0 aliphatic rings. The molecule has 0 fully saturated rings. The van der Waals surface area contributed by atoms with E-state index < -0.39 is 0 Å². The molecule has 3 heteroatoms. The Hall–Kier alpha value is -1.35. The molecular weight excluding hydrogens is 218 g/mol. The monoisotopic (exact) mass is 233 g/mol. The van der Waals surface area contributed by atoms with Gasteiger partial charge in [0.2, 0.25) is 0 Å². The van der Waals surface area contributed by atoms with Crippen LogP contribution in [-0.4, -0.2) is 12.1 Å². The molecule has 2 nitrogen and oxygen atoms in total. The second-order valence-electron chi connectivity index (χ2n) is 3.64. The molecule has 0 aliphatic heterocycles. The molecular formula is C13H15NOS. The molecule has 0 unspecified atom stereocenters. The predicted molar refractivity (Wildman–Crippen MR) is 68.2 cm³/mol. The van der Waals surface area contributed by atoms with Gasteiger partial charge in [-0.2, -0.15) is 0 Å². The van der Waals surface area contributed by atoms with Crippen molar-refractivity contribution in [1.29, 1.82) is 0 Å². The van der Waals surface area contributed by atoms with Crippen LogP contribution in [0.2, 0.25) is 0 Å². The fourth-order valence-corrected chi connectivity index (χ4v) is 2.28. The Labute approximate surface area is 99.9 Å². The van der Waals surface area contributed by atoms with Gasteiger partial charge in [-0.3, -0.25) is 0 Å². The number of thiazole rings is 1. The van der Waals surface area contributed by atoms with E-state index >= 15 is 0 Å². The summed E-state index contributed by atoms with van der Waals surface area (Å²) < 4.78 is 5.37. The summed E-state index contributed by atoms with van der Waals surface area (Å²) >= 11 is 1.67. The van der Waals surface area contributed by atoms with Crippen molar-refractivity contribution in [1.82, 2.24) is 4.98 Å². The number of hydrogen-bond acceptors (Lipinski definition) is 3. The van der Waals surface area contributed by atoms with Crippen molar-refractivity contribution < 1.29 is 4.74 Å². The van der Waals surface area contributed by atoms with Crippen LogP contribution in [0.1, 0.15) is 17.5 Å². The maximum atomic E-state index is 5.37. The van der Waals surface area contributed by atoms with E-state index in [0.717, 1.165) is 28.4 Å².